The Morgan fingerprint density at radius 3 is 2.39 bits per heavy atom. The van der Waals surface area contributed by atoms with E-state index in [9.17, 15) is 18.0 Å². The van der Waals surface area contributed by atoms with Crippen LogP contribution in [0.4, 0.5) is 19.0 Å². The molecule has 1 unspecified atom stereocenters. The molecular weight excluding hydrogens is 429 g/mol. The van der Waals surface area contributed by atoms with Crippen LogP contribution in [0.3, 0.4) is 0 Å². The van der Waals surface area contributed by atoms with Gasteiger partial charge in [-0.05, 0) is 30.7 Å². The maximum atomic E-state index is 14.2. The van der Waals surface area contributed by atoms with Gasteiger partial charge in [0, 0.05) is 45.5 Å². The first kappa shape index (κ1) is 21.9. The molecule has 0 spiro atoms. The Bertz CT molecular complexity index is 918. The molecule has 0 N–H and O–H groups in total. The third-order valence-corrected chi connectivity index (χ3v) is 6.45. The first-order chi connectivity index (χ1) is 14.8. The van der Waals surface area contributed by atoms with E-state index in [2.05, 4.69) is 4.98 Å². The molecular formula is C22H24ClF3N4O. The molecule has 31 heavy (non-hydrogen) atoms. The lowest BCUT2D eigenvalue weighted by Gasteiger charge is -2.40. The number of carbonyl (C=O) groups is 1. The molecule has 0 bridgehead atoms. The number of piperazine rings is 1. The molecule has 1 atom stereocenters. The van der Waals surface area contributed by atoms with Crippen molar-refractivity contribution in [3.8, 4) is 0 Å². The quantitative estimate of drug-likeness (QED) is 0.706. The summed E-state index contributed by atoms with van der Waals surface area (Å²) < 4.78 is 42.6. The number of nitrogens with zero attached hydrogens (tertiary/aromatic N) is 4. The Hall–Kier alpha value is -2.32. The second-order valence-electron chi connectivity index (χ2n) is 8.11. The van der Waals surface area contributed by atoms with E-state index in [1.807, 2.05) is 35.2 Å². The minimum absolute atomic E-state index is 0.211. The molecule has 2 aliphatic rings. The Balaban J connectivity index is 1.45. The third kappa shape index (κ3) is 4.36. The van der Waals surface area contributed by atoms with Crippen LogP contribution >= 0.6 is 11.6 Å². The molecule has 9 heteroatoms. The van der Waals surface area contributed by atoms with Gasteiger partial charge in [0.05, 0.1) is 5.02 Å². The Kier molecular flexibility index (Phi) is 6.12. The fourth-order valence-electron chi connectivity index (χ4n) is 4.43. The number of hydrogen-bond donors (Lipinski definition) is 0. The van der Waals surface area contributed by atoms with Gasteiger partial charge in [-0.15, -0.1) is 0 Å². The van der Waals surface area contributed by atoms with E-state index in [0.717, 1.165) is 5.56 Å². The number of amides is 1. The Morgan fingerprint density at radius 2 is 1.74 bits per heavy atom. The summed E-state index contributed by atoms with van der Waals surface area (Å²) in [6.07, 6.45) is -3.19. The molecule has 1 aromatic heterocycles. The molecule has 0 aliphatic carbocycles. The van der Waals surface area contributed by atoms with Crippen molar-refractivity contribution in [1.29, 1.82) is 0 Å². The third-order valence-electron chi connectivity index (χ3n) is 6.15. The van der Waals surface area contributed by atoms with Crippen LogP contribution in [-0.2, 0) is 11.3 Å². The van der Waals surface area contributed by atoms with E-state index < -0.39 is 17.5 Å². The number of likely N-dealkylation sites (tertiary alicyclic amines) is 1. The van der Waals surface area contributed by atoms with E-state index in [-0.39, 0.29) is 32.6 Å². The molecule has 1 amide bonds. The number of carbonyl (C=O) groups excluding carboxylic acids is 1. The molecule has 1 aromatic carbocycles. The van der Waals surface area contributed by atoms with Gasteiger partial charge in [-0.2, -0.15) is 13.2 Å². The van der Waals surface area contributed by atoms with Crippen LogP contribution in [0.2, 0.25) is 5.02 Å². The van der Waals surface area contributed by atoms with Crippen molar-refractivity contribution in [3.05, 3.63) is 59.2 Å². The van der Waals surface area contributed by atoms with Crippen molar-refractivity contribution < 1.29 is 18.0 Å². The zero-order chi connectivity index (χ0) is 22.1. The van der Waals surface area contributed by atoms with E-state index in [1.165, 1.54) is 4.90 Å². The predicted octanol–water partition coefficient (Wildman–Crippen LogP) is 3.84. The van der Waals surface area contributed by atoms with Gasteiger partial charge in [-0.1, -0.05) is 41.9 Å². The smallest absolute Gasteiger partial charge is 0.352 e. The van der Waals surface area contributed by atoms with Crippen molar-refractivity contribution in [2.75, 3.05) is 44.2 Å². The minimum Gasteiger partial charge on any atom is -0.352 e. The van der Waals surface area contributed by atoms with Gasteiger partial charge in [0.1, 0.15) is 5.82 Å². The van der Waals surface area contributed by atoms with Gasteiger partial charge in [0.15, 0.2) is 5.41 Å². The molecule has 2 fully saturated rings. The highest BCUT2D eigenvalue weighted by atomic mass is 35.5. The zero-order valence-electron chi connectivity index (χ0n) is 17.0. The lowest BCUT2D eigenvalue weighted by molar-refractivity contribution is -0.223. The number of rotatable bonds is 4. The second-order valence-corrected chi connectivity index (χ2v) is 8.52. The van der Waals surface area contributed by atoms with E-state index >= 15 is 0 Å². The number of hydrogen-bond acceptors (Lipinski definition) is 4. The molecule has 2 aromatic rings. The van der Waals surface area contributed by atoms with E-state index in [4.69, 9.17) is 11.6 Å². The summed E-state index contributed by atoms with van der Waals surface area (Å²) in [7, 11) is 0. The van der Waals surface area contributed by atoms with E-state index in [0.29, 0.717) is 30.5 Å². The van der Waals surface area contributed by atoms with Crippen molar-refractivity contribution >= 4 is 23.3 Å². The van der Waals surface area contributed by atoms with Gasteiger partial charge >= 0.3 is 6.18 Å². The molecule has 0 radical (unpaired) electrons. The predicted molar refractivity (Wildman–Crippen MR) is 113 cm³/mol. The SMILES string of the molecule is O=C(N1CCN(c2ncccc2Cl)CC1)C1(C(F)(F)F)CCN(Cc2ccccc2)C1. The number of halogens is 4. The van der Waals surface area contributed by atoms with Crippen molar-refractivity contribution in [2.45, 2.75) is 19.1 Å². The lowest BCUT2D eigenvalue weighted by Crippen LogP contribution is -2.58. The van der Waals surface area contributed by atoms with Gasteiger partial charge in [0.25, 0.3) is 0 Å². The summed E-state index contributed by atoms with van der Waals surface area (Å²) in [6.45, 7) is 1.54. The standard InChI is InChI=1S/C22H24ClF3N4O/c23-18-7-4-9-27-19(18)29-11-13-30(14-12-29)20(31)21(22(24,25)26)8-10-28(16-21)15-17-5-2-1-3-6-17/h1-7,9H,8,10-16H2. The summed E-state index contributed by atoms with van der Waals surface area (Å²) in [5.74, 6) is -0.223. The van der Waals surface area contributed by atoms with Crippen LogP contribution in [0.1, 0.15) is 12.0 Å². The monoisotopic (exact) mass is 452 g/mol. The highest BCUT2D eigenvalue weighted by Gasteiger charge is 2.64. The van der Waals surface area contributed by atoms with Crippen LogP contribution in [0.15, 0.2) is 48.7 Å². The number of alkyl halides is 3. The van der Waals surface area contributed by atoms with Crippen LogP contribution < -0.4 is 4.90 Å². The fraction of sp³-hybridized carbons (Fsp3) is 0.455. The van der Waals surface area contributed by atoms with Crippen LogP contribution in [0.25, 0.3) is 0 Å². The van der Waals surface area contributed by atoms with Crippen LogP contribution in [0.5, 0.6) is 0 Å². The first-order valence-corrected chi connectivity index (χ1v) is 10.7. The lowest BCUT2D eigenvalue weighted by atomic mass is 9.84. The normalized spacial score (nSPS) is 22.7. The summed E-state index contributed by atoms with van der Waals surface area (Å²) in [5.41, 5.74) is -1.42. The molecule has 3 heterocycles. The minimum atomic E-state index is -4.60. The first-order valence-electron chi connectivity index (χ1n) is 10.3. The molecule has 0 saturated carbocycles. The van der Waals surface area contributed by atoms with Gasteiger partial charge in [0.2, 0.25) is 5.91 Å². The fourth-order valence-corrected chi connectivity index (χ4v) is 4.67. The van der Waals surface area contributed by atoms with Crippen LogP contribution in [-0.4, -0.2) is 66.1 Å². The Labute approximate surface area is 184 Å². The van der Waals surface area contributed by atoms with Gasteiger partial charge < -0.3 is 9.80 Å². The topological polar surface area (TPSA) is 39.7 Å². The zero-order valence-corrected chi connectivity index (χ0v) is 17.7. The number of anilines is 1. The van der Waals surface area contributed by atoms with Crippen LogP contribution in [0, 0.1) is 5.41 Å². The van der Waals surface area contributed by atoms with Gasteiger partial charge in [-0.3, -0.25) is 9.69 Å². The summed E-state index contributed by atoms with van der Waals surface area (Å²) in [4.78, 5) is 22.4. The van der Waals surface area contributed by atoms with Crippen molar-refractivity contribution in [1.82, 2.24) is 14.8 Å². The number of benzene rings is 1. The molecule has 2 saturated heterocycles. The van der Waals surface area contributed by atoms with Gasteiger partial charge in [-0.25, -0.2) is 4.98 Å². The summed E-state index contributed by atoms with van der Waals surface area (Å²) in [6, 6.07) is 12.8. The molecule has 166 valence electrons. The highest BCUT2D eigenvalue weighted by molar-refractivity contribution is 6.32. The molecule has 4 rings (SSSR count). The summed E-state index contributed by atoms with van der Waals surface area (Å²) >= 11 is 6.19. The average Bonchev–Trinajstić information content (AvgIpc) is 3.20. The number of aromatic nitrogens is 1. The van der Waals surface area contributed by atoms with E-state index in [1.54, 1.807) is 23.2 Å². The maximum absolute atomic E-state index is 14.2. The second kappa shape index (κ2) is 8.67. The maximum Gasteiger partial charge on any atom is 0.404 e. The average molecular weight is 453 g/mol. The molecule has 2 aliphatic heterocycles. The largest absolute Gasteiger partial charge is 0.404 e. The highest BCUT2D eigenvalue weighted by Crippen LogP contribution is 2.47. The number of pyridine rings is 1. The van der Waals surface area contributed by atoms with Crippen molar-refractivity contribution in [2.24, 2.45) is 5.41 Å². The van der Waals surface area contributed by atoms with Crippen molar-refractivity contribution in [3.63, 3.8) is 0 Å². The summed E-state index contributed by atoms with van der Waals surface area (Å²) in [5, 5.41) is 0.487. The Morgan fingerprint density at radius 1 is 1.03 bits per heavy atom. The molecule has 5 nitrogen and oxygen atoms in total.